The van der Waals surface area contributed by atoms with Crippen molar-refractivity contribution in [3.63, 3.8) is 0 Å². The third-order valence-electron chi connectivity index (χ3n) is 4.85. The van der Waals surface area contributed by atoms with Crippen molar-refractivity contribution in [2.75, 3.05) is 5.32 Å². The highest BCUT2D eigenvalue weighted by Gasteiger charge is 2.50. The van der Waals surface area contributed by atoms with Crippen molar-refractivity contribution in [3.8, 4) is 0 Å². The zero-order valence-corrected chi connectivity index (χ0v) is 14.2. The van der Waals surface area contributed by atoms with Crippen molar-refractivity contribution in [1.29, 1.82) is 0 Å². The van der Waals surface area contributed by atoms with Crippen LogP contribution < -0.4 is 5.32 Å². The number of fused-ring (bicyclic) bond motifs is 1. The van der Waals surface area contributed by atoms with Gasteiger partial charge >= 0.3 is 0 Å². The monoisotopic (exact) mass is 340 g/mol. The number of likely N-dealkylation sites (tertiary alicyclic amines) is 1. The zero-order chi connectivity index (χ0) is 18.1. The summed E-state index contributed by atoms with van der Waals surface area (Å²) in [4.78, 5) is 50.1. The molecule has 3 atom stereocenters. The summed E-state index contributed by atoms with van der Waals surface area (Å²) in [5.41, 5.74) is 0.943. The molecule has 1 aromatic carbocycles. The van der Waals surface area contributed by atoms with Crippen LogP contribution >= 0.6 is 0 Å². The van der Waals surface area contributed by atoms with Crippen LogP contribution in [0, 0.1) is 11.8 Å². The molecule has 0 aromatic heterocycles. The van der Waals surface area contributed by atoms with Gasteiger partial charge in [-0.25, -0.2) is 0 Å². The second-order valence-corrected chi connectivity index (χ2v) is 6.50. The summed E-state index contributed by atoms with van der Waals surface area (Å²) in [6.45, 7) is 2.99. The average molecular weight is 340 g/mol. The van der Waals surface area contributed by atoms with E-state index in [0.29, 0.717) is 24.1 Å². The molecule has 1 aliphatic carbocycles. The predicted molar refractivity (Wildman–Crippen MR) is 91.7 cm³/mol. The standard InChI is InChI=1S/C19H20N2O4/c1-11(17(23)20-14-7-5-6-13(10-14)12(2)22)21-18(24)15-8-3-4-9-16(15)19(21)25/h3-7,10-11,15-16H,8-9H2,1-2H3,(H,20,23)/t11-,15+,16+/m0/s1. The lowest BCUT2D eigenvalue weighted by molar-refractivity contribution is -0.146. The SMILES string of the molecule is CC(=O)c1cccc(NC(=O)[C@H](C)N2C(=O)[C@@H]3CC=CC[C@H]3C2=O)c1. The van der Waals surface area contributed by atoms with E-state index in [9.17, 15) is 19.2 Å². The highest BCUT2D eigenvalue weighted by Crippen LogP contribution is 2.36. The van der Waals surface area contributed by atoms with E-state index < -0.39 is 11.9 Å². The Hall–Kier alpha value is -2.76. The van der Waals surface area contributed by atoms with Crippen LogP contribution in [-0.4, -0.2) is 34.4 Å². The molecular formula is C19H20N2O4. The minimum Gasteiger partial charge on any atom is -0.324 e. The third kappa shape index (κ3) is 3.12. The Morgan fingerprint density at radius 1 is 1.12 bits per heavy atom. The number of nitrogens with zero attached hydrogens (tertiary/aromatic N) is 1. The summed E-state index contributed by atoms with van der Waals surface area (Å²) in [7, 11) is 0. The number of allylic oxidation sites excluding steroid dienone is 2. The van der Waals surface area contributed by atoms with Gasteiger partial charge in [0.25, 0.3) is 0 Å². The predicted octanol–water partition coefficient (Wildman–Crippen LogP) is 2.17. The lowest BCUT2D eigenvalue weighted by Gasteiger charge is -2.22. The van der Waals surface area contributed by atoms with Crippen LogP contribution in [0.1, 0.15) is 37.0 Å². The molecule has 0 radical (unpaired) electrons. The van der Waals surface area contributed by atoms with Crippen molar-refractivity contribution >= 4 is 29.2 Å². The van der Waals surface area contributed by atoms with Gasteiger partial charge in [-0.1, -0.05) is 24.3 Å². The molecule has 3 amide bonds. The highest BCUT2D eigenvalue weighted by molar-refractivity contribution is 6.10. The maximum absolute atomic E-state index is 12.5. The van der Waals surface area contributed by atoms with Crippen molar-refractivity contribution in [2.45, 2.75) is 32.7 Å². The van der Waals surface area contributed by atoms with E-state index in [4.69, 9.17) is 0 Å². The fourth-order valence-corrected chi connectivity index (χ4v) is 3.39. The Morgan fingerprint density at radius 3 is 2.28 bits per heavy atom. The molecule has 0 saturated carbocycles. The van der Waals surface area contributed by atoms with Crippen molar-refractivity contribution in [1.82, 2.24) is 4.90 Å². The fraction of sp³-hybridized carbons (Fsp3) is 0.368. The third-order valence-corrected chi connectivity index (χ3v) is 4.85. The first-order chi connectivity index (χ1) is 11.9. The van der Waals surface area contributed by atoms with Gasteiger partial charge < -0.3 is 5.32 Å². The molecule has 1 heterocycles. The van der Waals surface area contributed by atoms with E-state index in [0.717, 1.165) is 4.90 Å². The number of hydrogen-bond donors (Lipinski definition) is 1. The molecule has 1 aromatic rings. The number of anilines is 1. The lowest BCUT2D eigenvalue weighted by Crippen LogP contribution is -2.46. The minimum absolute atomic E-state index is 0.106. The van der Waals surface area contributed by atoms with Gasteiger partial charge in [0.2, 0.25) is 17.7 Å². The topological polar surface area (TPSA) is 83.6 Å². The molecule has 1 aliphatic heterocycles. The summed E-state index contributed by atoms with van der Waals surface area (Å²) >= 11 is 0. The number of nitrogens with one attached hydrogen (secondary N) is 1. The van der Waals surface area contributed by atoms with E-state index >= 15 is 0 Å². The van der Waals surface area contributed by atoms with Gasteiger partial charge in [-0.15, -0.1) is 0 Å². The second kappa shape index (κ2) is 6.63. The van der Waals surface area contributed by atoms with Crippen molar-refractivity contribution in [3.05, 3.63) is 42.0 Å². The molecule has 2 aliphatic rings. The number of carbonyl (C=O) groups excluding carboxylic acids is 4. The Balaban J connectivity index is 1.74. The maximum atomic E-state index is 12.5. The molecule has 6 nitrogen and oxygen atoms in total. The first-order valence-corrected chi connectivity index (χ1v) is 8.34. The number of hydrogen-bond acceptors (Lipinski definition) is 4. The number of rotatable bonds is 4. The lowest BCUT2D eigenvalue weighted by atomic mass is 9.85. The first kappa shape index (κ1) is 17.1. The minimum atomic E-state index is -0.897. The number of carbonyl (C=O) groups is 4. The van der Waals surface area contributed by atoms with Crippen molar-refractivity contribution in [2.24, 2.45) is 11.8 Å². The Bertz CT molecular complexity index is 757. The number of imide groups is 1. The molecule has 6 heteroatoms. The molecule has 1 N–H and O–H groups in total. The largest absolute Gasteiger partial charge is 0.324 e. The number of ketones is 1. The van der Waals surface area contributed by atoms with Crippen LogP contribution in [0.4, 0.5) is 5.69 Å². The van der Waals surface area contributed by atoms with E-state index in [2.05, 4.69) is 5.32 Å². The molecule has 0 spiro atoms. The van der Waals surface area contributed by atoms with Gasteiger partial charge in [0.05, 0.1) is 11.8 Å². The summed E-state index contributed by atoms with van der Waals surface area (Å²) in [6, 6.07) is 5.67. The second-order valence-electron chi connectivity index (χ2n) is 6.50. The number of Topliss-reactive ketones (excluding diaryl/α,β-unsaturated/α-hetero) is 1. The molecular weight excluding hydrogens is 320 g/mol. The molecule has 0 unspecified atom stereocenters. The van der Waals surface area contributed by atoms with Gasteiger partial charge in [-0.05, 0) is 38.8 Å². The van der Waals surface area contributed by atoms with E-state index in [1.165, 1.54) is 6.92 Å². The maximum Gasteiger partial charge on any atom is 0.247 e. The molecule has 1 saturated heterocycles. The summed E-state index contributed by atoms with van der Waals surface area (Å²) in [5.74, 6) is -1.82. The summed E-state index contributed by atoms with van der Waals surface area (Å²) in [6.07, 6.45) is 4.91. The van der Waals surface area contributed by atoms with Gasteiger partial charge in [0, 0.05) is 11.3 Å². The van der Waals surface area contributed by atoms with Crippen LogP contribution in [0.3, 0.4) is 0 Å². The smallest absolute Gasteiger partial charge is 0.247 e. The van der Waals surface area contributed by atoms with Crippen LogP contribution in [0.5, 0.6) is 0 Å². The first-order valence-electron chi connectivity index (χ1n) is 8.34. The zero-order valence-electron chi connectivity index (χ0n) is 14.2. The van der Waals surface area contributed by atoms with Crippen LogP contribution in [0.25, 0.3) is 0 Å². The molecule has 25 heavy (non-hydrogen) atoms. The normalized spacial score (nSPS) is 23.4. The fourth-order valence-electron chi connectivity index (χ4n) is 3.39. The van der Waals surface area contributed by atoms with E-state index in [1.807, 2.05) is 12.2 Å². The van der Waals surface area contributed by atoms with Crippen LogP contribution in [-0.2, 0) is 14.4 Å². The Kier molecular flexibility index (Phi) is 4.53. The van der Waals surface area contributed by atoms with Gasteiger partial charge in [0.15, 0.2) is 5.78 Å². The average Bonchev–Trinajstić information content (AvgIpc) is 2.86. The molecule has 3 rings (SSSR count). The Labute approximate surface area is 145 Å². The molecule has 130 valence electrons. The summed E-state index contributed by atoms with van der Waals surface area (Å²) in [5, 5.41) is 2.68. The van der Waals surface area contributed by atoms with Gasteiger partial charge in [-0.2, -0.15) is 0 Å². The highest BCUT2D eigenvalue weighted by atomic mass is 16.2. The van der Waals surface area contributed by atoms with Gasteiger partial charge in [-0.3, -0.25) is 24.1 Å². The quantitative estimate of drug-likeness (QED) is 0.517. The number of amides is 3. The molecule has 0 bridgehead atoms. The van der Waals surface area contributed by atoms with Crippen molar-refractivity contribution < 1.29 is 19.2 Å². The number of benzene rings is 1. The van der Waals surface area contributed by atoms with Crippen LogP contribution in [0.15, 0.2) is 36.4 Å². The van der Waals surface area contributed by atoms with Crippen LogP contribution in [0.2, 0.25) is 0 Å². The van der Waals surface area contributed by atoms with Gasteiger partial charge in [0.1, 0.15) is 6.04 Å². The Morgan fingerprint density at radius 2 is 1.72 bits per heavy atom. The summed E-state index contributed by atoms with van der Waals surface area (Å²) < 4.78 is 0. The van der Waals surface area contributed by atoms with E-state index in [-0.39, 0.29) is 29.4 Å². The van der Waals surface area contributed by atoms with E-state index in [1.54, 1.807) is 31.2 Å². The molecule has 1 fully saturated rings.